The van der Waals surface area contributed by atoms with E-state index in [-0.39, 0.29) is 0 Å². The maximum Gasteiger partial charge on any atom is 0.261 e. The number of hydrogen-bond acceptors (Lipinski definition) is 5. The van der Waals surface area contributed by atoms with Crippen LogP contribution < -0.4 is 4.74 Å². The maximum atomic E-state index is 9.19. The van der Waals surface area contributed by atoms with Crippen LogP contribution in [0.4, 0.5) is 0 Å². The molecule has 0 unspecified atom stereocenters. The van der Waals surface area contributed by atoms with Crippen molar-refractivity contribution >= 4 is 10.1 Å². The summed E-state index contributed by atoms with van der Waals surface area (Å²) in [6, 6.07) is 20.5. The summed E-state index contributed by atoms with van der Waals surface area (Å²) < 4.78 is 33.8. The van der Waals surface area contributed by atoms with Gasteiger partial charge in [-0.1, -0.05) is 48.5 Å². The molecule has 160 valence electrons. The third-order valence-electron chi connectivity index (χ3n) is 4.63. The molecule has 7 nitrogen and oxygen atoms in total. The van der Waals surface area contributed by atoms with Crippen LogP contribution in [0.1, 0.15) is 12.8 Å². The van der Waals surface area contributed by atoms with Crippen molar-refractivity contribution in [2.75, 3.05) is 32.5 Å². The second-order valence-corrected chi connectivity index (χ2v) is 8.59. The predicted octanol–water partition coefficient (Wildman–Crippen LogP) is 3.52. The fourth-order valence-electron chi connectivity index (χ4n) is 3.27. The van der Waals surface area contributed by atoms with Crippen molar-refractivity contribution in [3.63, 3.8) is 0 Å². The molecule has 0 aliphatic carbocycles. The molecular weight excluding hydrogens is 402 g/mol. The molecule has 0 atom stereocenters. The van der Waals surface area contributed by atoms with Crippen molar-refractivity contribution in [3.05, 3.63) is 66.9 Å². The highest BCUT2D eigenvalue weighted by molar-refractivity contribution is 7.85. The first kappa shape index (κ1) is 22.0. The summed E-state index contributed by atoms with van der Waals surface area (Å²) in [4.78, 5) is 2.45. The van der Waals surface area contributed by atoms with E-state index in [2.05, 4.69) is 35.4 Å². The molecule has 1 saturated heterocycles. The molecule has 0 radical (unpaired) electrons. The number of likely N-dealkylation sites (tertiary alicyclic amines) is 1. The number of ether oxygens (including phenoxy) is 1. The fourth-order valence-corrected chi connectivity index (χ4v) is 3.27. The molecule has 1 N–H and O–H groups in total. The van der Waals surface area contributed by atoms with Crippen molar-refractivity contribution in [1.82, 2.24) is 14.7 Å². The normalized spacial score (nSPS) is 14.2. The first-order valence-electron chi connectivity index (χ1n) is 9.88. The molecule has 3 aromatic rings. The Labute approximate surface area is 177 Å². The number of rotatable bonds is 6. The van der Waals surface area contributed by atoms with E-state index in [0.717, 1.165) is 23.4 Å². The van der Waals surface area contributed by atoms with Crippen LogP contribution in [0, 0.1) is 0 Å². The van der Waals surface area contributed by atoms with Gasteiger partial charge in [0.15, 0.2) is 0 Å². The standard InChI is InChI=1S/C21H23N3O.CH4O3S/c1-3-9-18(10-4-1)20-17-24(19-11-5-2-6-12-19)22-21(20)25-16-15-23-13-7-8-14-23;1-5(2,3)4/h1-6,9-12,17H,7-8,13-16H2;1H3,(H,2,3,4). The quantitative estimate of drug-likeness (QED) is 0.604. The zero-order valence-electron chi connectivity index (χ0n) is 17.0. The lowest BCUT2D eigenvalue weighted by Gasteiger charge is -2.14. The summed E-state index contributed by atoms with van der Waals surface area (Å²) in [6.07, 6.45) is 5.37. The third kappa shape index (κ3) is 6.98. The second kappa shape index (κ2) is 10.4. The molecule has 0 amide bonds. The van der Waals surface area contributed by atoms with Crippen molar-refractivity contribution < 1.29 is 17.7 Å². The highest BCUT2D eigenvalue weighted by atomic mass is 32.2. The van der Waals surface area contributed by atoms with Gasteiger partial charge in [-0.2, -0.15) is 8.42 Å². The molecule has 30 heavy (non-hydrogen) atoms. The predicted molar refractivity (Wildman–Crippen MR) is 118 cm³/mol. The van der Waals surface area contributed by atoms with Gasteiger partial charge in [0.1, 0.15) is 6.61 Å². The van der Waals surface area contributed by atoms with Crippen molar-refractivity contribution in [2.24, 2.45) is 0 Å². The van der Waals surface area contributed by atoms with E-state index in [1.165, 1.54) is 25.9 Å². The topological polar surface area (TPSA) is 84.7 Å². The molecule has 8 heteroatoms. The highest BCUT2D eigenvalue weighted by Crippen LogP contribution is 2.30. The number of hydrogen-bond donors (Lipinski definition) is 1. The lowest BCUT2D eigenvalue weighted by molar-refractivity contribution is 0.232. The minimum absolute atomic E-state index is 0.672. The van der Waals surface area contributed by atoms with Crippen LogP contribution in [0.5, 0.6) is 5.88 Å². The summed E-state index contributed by atoms with van der Waals surface area (Å²) >= 11 is 0. The van der Waals surface area contributed by atoms with Gasteiger partial charge in [-0.25, -0.2) is 4.68 Å². The Bertz CT molecular complexity index is 1010. The molecule has 2 aromatic carbocycles. The van der Waals surface area contributed by atoms with Gasteiger partial charge in [0.2, 0.25) is 5.88 Å². The van der Waals surface area contributed by atoms with Crippen LogP contribution in [0.15, 0.2) is 66.9 Å². The Morgan fingerprint density at radius 1 is 1.00 bits per heavy atom. The summed E-state index contributed by atoms with van der Waals surface area (Å²) in [5, 5.41) is 4.70. The Morgan fingerprint density at radius 2 is 1.57 bits per heavy atom. The SMILES string of the molecule is CS(=O)(=O)O.c1ccc(-c2cn(-c3ccccc3)nc2OCCN2CCCC2)cc1. The fraction of sp³-hybridized carbons (Fsp3) is 0.318. The van der Waals surface area contributed by atoms with E-state index in [9.17, 15) is 8.42 Å². The van der Waals surface area contributed by atoms with Gasteiger partial charge in [0.05, 0.1) is 17.5 Å². The minimum atomic E-state index is -3.67. The van der Waals surface area contributed by atoms with Gasteiger partial charge in [-0.3, -0.25) is 9.45 Å². The Kier molecular flexibility index (Phi) is 7.62. The molecule has 1 aliphatic heterocycles. The van der Waals surface area contributed by atoms with Crippen LogP contribution in [-0.2, 0) is 10.1 Å². The Hall–Kier alpha value is -2.68. The molecule has 1 aromatic heterocycles. The summed E-state index contributed by atoms with van der Waals surface area (Å²) in [5.41, 5.74) is 3.20. The summed E-state index contributed by atoms with van der Waals surface area (Å²) in [7, 11) is -3.67. The average molecular weight is 430 g/mol. The van der Waals surface area contributed by atoms with E-state index >= 15 is 0 Å². The van der Waals surface area contributed by atoms with Crippen molar-refractivity contribution in [2.45, 2.75) is 12.8 Å². The number of benzene rings is 2. The Balaban J connectivity index is 0.000000461. The van der Waals surface area contributed by atoms with Crippen LogP contribution in [0.2, 0.25) is 0 Å². The second-order valence-electron chi connectivity index (χ2n) is 7.12. The van der Waals surface area contributed by atoms with Crippen molar-refractivity contribution in [3.8, 4) is 22.7 Å². The highest BCUT2D eigenvalue weighted by Gasteiger charge is 2.15. The lowest BCUT2D eigenvalue weighted by Crippen LogP contribution is -2.25. The summed E-state index contributed by atoms with van der Waals surface area (Å²) in [5.74, 6) is 0.703. The summed E-state index contributed by atoms with van der Waals surface area (Å²) in [6.45, 7) is 4.01. The van der Waals surface area contributed by atoms with Gasteiger partial charge in [-0.05, 0) is 43.6 Å². The number of nitrogens with zero attached hydrogens (tertiary/aromatic N) is 3. The van der Waals surface area contributed by atoms with E-state index in [0.29, 0.717) is 18.7 Å². The average Bonchev–Trinajstić information content (AvgIpc) is 3.38. The largest absolute Gasteiger partial charge is 0.475 e. The minimum Gasteiger partial charge on any atom is -0.475 e. The van der Waals surface area contributed by atoms with Gasteiger partial charge < -0.3 is 4.74 Å². The first-order valence-corrected chi connectivity index (χ1v) is 11.7. The maximum absolute atomic E-state index is 9.19. The number of aromatic nitrogens is 2. The van der Waals surface area contributed by atoms with Gasteiger partial charge in [0.25, 0.3) is 10.1 Å². The Morgan fingerprint density at radius 3 is 2.17 bits per heavy atom. The first-order chi connectivity index (χ1) is 14.4. The van der Waals surface area contributed by atoms with Gasteiger partial charge >= 0.3 is 0 Å². The lowest BCUT2D eigenvalue weighted by atomic mass is 10.1. The van der Waals surface area contributed by atoms with E-state index in [4.69, 9.17) is 14.4 Å². The molecule has 1 fully saturated rings. The van der Waals surface area contributed by atoms with Crippen molar-refractivity contribution in [1.29, 1.82) is 0 Å². The van der Waals surface area contributed by atoms with Crippen LogP contribution >= 0.6 is 0 Å². The van der Waals surface area contributed by atoms with Crippen LogP contribution in [0.25, 0.3) is 16.8 Å². The van der Waals surface area contributed by atoms with Crippen LogP contribution in [-0.4, -0.2) is 60.1 Å². The molecule has 2 heterocycles. The monoisotopic (exact) mass is 429 g/mol. The van der Waals surface area contributed by atoms with E-state index in [1.54, 1.807) is 0 Å². The molecule has 1 aliphatic rings. The smallest absolute Gasteiger partial charge is 0.261 e. The zero-order chi connectivity index (χ0) is 21.4. The number of para-hydroxylation sites is 1. The van der Waals surface area contributed by atoms with E-state index in [1.807, 2.05) is 41.1 Å². The molecule has 4 rings (SSSR count). The van der Waals surface area contributed by atoms with Gasteiger partial charge in [0, 0.05) is 12.7 Å². The molecule has 0 spiro atoms. The third-order valence-corrected chi connectivity index (χ3v) is 4.63. The van der Waals surface area contributed by atoms with E-state index < -0.39 is 10.1 Å². The molecule has 0 bridgehead atoms. The molecular formula is C22H27N3O4S. The molecule has 0 saturated carbocycles. The van der Waals surface area contributed by atoms with Gasteiger partial charge in [-0.15, -0.1) is 5.10 Å². The zero-order valence-corrected chi connectivity index (χ0v) is 17.8. The van der Waals surface area contributed by atoms with Crippen LogP contribution in [0.3, 0.4) is 0 Å².